The molecule has 0 fully saturated rings. The number of nitrogens with zero attached hydrogens (tertiary/aromatic N) is 2. The monoisotopic (exact) mass is 426 g/mol. The van der Waals surface area contributed by atoms with Crippen molar-refractivity contribution < 1.29 is 12.9 Å². The van der Waals surface area contributed by atoms with Crippen LogP contribution >= 0.6 is 0 Å². The number of benzene rings is 2. The summed E-state index contributed by atoms with van der Waals surface area (Å²) in [7, 11) is -3.22. The molecule has 3 aromatic rings. The number of aliphatic imine (C=N–C) groups is 1. The van der Waals surface area contributed by atoms with Gasteiger partial charge in [-0.05, 0) is 31.0 Å². The zero-order valence-electron chi connectivity index (χ0n) is 17.3. The molecular formula is C22H26N4O3S. The third-order valence-corrected chi connectivity index (χ3v) is 5.71. The van der Waals surface area contributed by atoms with Gasteiger partial charge in [-0.25, -0.2) is 13.4 Å². The second kappa shape index (κ2) is 9.58. The topological polar surface area (TPSA) is 96.6 Å². The average molecular weight is 427 g/mol. The molecule has 8 heteroatoms. The van der Waals surface area contributed by atoms with Crippen LogP contribution in [0.5, 0.6) is 0 Å². The molecule has 0 saturated heterocycles. The molecule has 0 aliphatic heterocycles. The summed E-state index contributed by atoms with van der Waals surface area (Å²) in [6.07, 6.45) is 1.22. The standard InChI is InChI=1S/C22H26N4O3S/c1-4-23-22(24-14-17-10-11-21(16(2)12-17)30(3,27)28)25-15-19-13-20(29-26-19)18-8-6-5-7-9-18/h5-13H,4,14-15H2,1-3H3,(H2,23,24,25). The van der Waals surface area contributed by atoms with Crippen molar-refractivity contribution in [2.45, 2.75) is 31.8 Å². The van der Waals surface area contributed by atoms with E-state index < -0.39 is 9.84 Å². The summed E-state index contributed by atoms with van der Waals surface area (Å²) in [4.78, 5) is 4.93. The van der Waals surface area contributed by atoms with Crippen molar-refractivity contribution in [1.29, 1.82) is 0 Å². The molecule has 158 valence electrons. The fourth-order valence-corrected chi connectivity index (χ4v) is 4.00. The van der Waals surface area contributed by atoms with Crippen molar-refractivity contribution >= 4 is 15.8 Å². The third-order valence-electron chi connectivity index (χ3n) is 4.46. The number of aryl methyl sites for hydroxylation is 1. The van der Waals surface area contributed by atoms with Gasteiger partial charge in [0.2, 0.25) is 0 Å². The third kappa shape index (κ3) is 5.70. The zero-order valence-corrected chi connectivity index (χ0v) is 18.2. The predicted octanol–water partition coefficient (Wildman–Crippen LogP) is 3.31. The van der Waals surface area contributed by atoms with Gasteiger partial charge in [0.25, 0.3) is 0 Å². The smallest absolute Gasteiger partial charge is 0.191 e. The molecular weight excluding hydrogens is 400 g/mol. The van der Waals surface area contributed by atoms with E-state index in [-0.39, 0.29) is 0 Å². The van der Waals surface area contributed by atoms with Gasteiger partial charge in [-0.3, -0.25) is 0 Å². The average Bonchev–Trinajstić information content (AvgIpc) is 3.19. The number of rotatable bonds is 7. The Balaban J connectivity index is 1.65. The summed E-state index contributed by atoms with van der Waals surface area (Å²) in [5.74, 6) is 1.36. The zero-order chi connectivity index (χ0) is 21.6. The normalized spacial score (nSPS) is 12.0. The Hall–Kier alpha value is -3.13. The molecule has 0 spiro atoms. The van der Waals surface area contributed by atoms with Gasteiger partial charge >= 0.3 is 0 Å². The van der Waals surface area contributed by atoms with Crippen molar-refractivity contribution in [1.82, 2.24) is 15.8 Å². The highest BCUT2D eigenvalue weighted by Gasteiger charge is 2.11. The van der Waals surface area contributed by atoms with E-state index in [9.17, 15) is 8.42 Å². The first-order valence-electron chi connectivity index (χ1n) is 9.69. The molecule has 2 N–H and O–H groups in total. The van der Waals surface area contributed by atoms with E-state index in [1.54, 1.807) is 19.1 Å². The molecule has 0 radical (unpaired) electrons. The maximum Gasteiger partial charge on any atom is 0.191 e. The van der Waals surface area contributed by atoms with Gasteiger partial charge in [0.1, 0.15) is 5.69 Å². The summed E-state index contributed by atoms with van der Waals surface area (Å²) in [5.41, 5.74) is 3.40. The predicted molar refractivity (Wildman–Crippen MR) is 118 cm³/mol. The highest BCUT2D eigenvalue weighted by molar-refractivity contribution is 7.90. The first kappa shape index (κ1) is 21.6. The summed E-state index contributed by atoms with van der Waals surface area (Å²) < 4.78 is 29.0. The van der Waals surface area contributed by atoms with Crippen molar-refractivity contribution in [3.63, 3.8) is 0 Å². The molecule has 2 aromatic carbocycles. The fraction of sp³-hybridized carbons (Fsp3) is 0.273. The van der Waals surface area contributed by atoms with Gasteiger partial charge in [-0.1, -0.05) is 47.6 Å². The largest absolute Gasteiger partial charge is 0.357 e. The van der Waals surface area contributed by atoms with Gasteiger partial charge in [-0.15, -0.1) is 0 Å². The number of aromatic nitrogens is 1. The Kier molecular flexibility index (Phi) is 6.89. The molecule has 3 rings (SSSR count). The summed E-state index contributed by atoms with van der Waals surface area (Å²) in [5, 5.41) is 10.5. The molecule has 0 saturated carbocycles. The Bertz CT molecular complexity index is 1120. The molecule has 30 heavy (non-hydrogen) atoms. The Morgan fingerprint density at radius 3 is 2.53 bits per heavy atom. The van der Waals surface area contributed by atoms with Gasteiger partial charge < -0.3 is 15.2 Å². The number of nitrogens with one attached hydrogen (secondary N) is 2. The van der Waals surface area contributed by atoms with Crippen molar-refractivity contribution in [2.24, 2.45) is 4.99 Å². The lowest BCUT2D eigenvalue weighted by molar-refractivity contribution is 0.422. The quantitative estimate of drug-likeness (QED) is 0.444. The SMILES string of the molecule is CCNC(=NCc1ccc(S(C)(=O)=O)c(C)c1)NCc1cc(-c2ccccc2)on1. The van der Waals surface area contributed by atoms with E-state index >= 15 is 0 Å². The molecule has 0 atom stereocenters. The Labute approximate surface area is 177 Å². The first-order chi connectivity index (χ1) is 14.4. The first-order valence-corrected chi connectivity index (χ1v) is 11.6. The molecule has 0 aliphatic rings. The summed E-state index contributed by atoms with van der Waals surface area (Å²) in [6.45, 7) is 5.39. The van der Waals surface area contributed by atoms with E-state index in [1.165, 1.54) is 6.26 Å². The van der Waals surface area contributed by atoms with E-state index in [2.05, 4.69) is 20.8 Å². The molecule has 1 aromatic heterocycles. The fourth-order valence-electron chi connectivity index (χ4n) is 3.05. The second-order valence-corrected chi connectivity index (χ2v) is 8.95. The lowest BCUT2D eigenvalue weighted by Crippen LogP contribution is -2.36. The van der Waals surface area contributed by atoms with Crippen LogP contribution in [-0.4, -0.2) is 32.3 Å². The van der Waals surface area contributed by atoms with Crippen molar-refractivity contribution in [3.8, 4) is 11.3 Å². The minimum atomic E-state index is -3.22. The maximum absolute atomic E-state index is 11.8. The summed E-state index contributed by atoms with van der Waals surface area (Å²) in [6, 6.07) is 17.0. The highest BCUT2D eigenvalue weighted by Crippen LogP contribution is 2.20. The van der Waals surface area contributed by atoms with Crippen LogP contribution in [0.3, 0.4) is 0 Å². The van der Waals surface area contributed by atoms with E-state index in [4.69, 9.17) is 4.52 Å². The number of guanidine groups is 1. The summed E-state index contributed by atoms with van der Waals surface area (Å²) >= 11 is 0. The lowest BCUT2D eigenvalue weighted by atomic mass is 10.1. The van der Waals surface area contributed by atoms with Crippen LogP contribution in [0.1, 0.15) is 23.7 Å². The van der Waals surface area contributed by atoms with Crippen LogP contribution < -0.4 is 10.6 Å². The van der Waals surface area contributed by atoms with Crippen LogP contribution in [0.15, 0.2) is 69.0 Å². The van der Waals surface area contributed by atoms with Crippen molar-refractivity contribution in [2.75, 3.05) is 12.8 Å². The van der Waals surface area contributed by atoms with Gasteiger partial charge in [0.05, 0.1) is 18.0 Å². The van der Waals surface area contributed by atoms with Crippen LogP contribution in [0.4, 0.5) is 0 Å². The van der Waals surface area contributed by atoms with Crippen LogP contribution in [0.2, 0.25) is 0 Å². The molecule has 0 amide bonds. The number of hydrogen-bond acceptors (Lipinski definition) is 5. The van der Waals surface area contributed by atoms with Crippen LogP contribution in [0.25, 0.3) is 11.3 Å². The van der Waals surface area contributed by atoms with Gasteiger partial charge in [-0.2, -0.15) is 0 Å². The van der Waals surface area contributed by atoms with Crippen molar-refractivity contribution in [3.05, 3.63) is 71.4 Å². The van der Waals surface area contributed by atoms with Crippen LogP contribution in [-0.2, 0) is 22.9 Å². The minimum Gasteiger partial charge on any atom is -0.357 e. The van der Waals surface area contributed by atoms with Gasteiger partial charge in [0.15, 0.2) is 21.6 Å². The highest BCUT2D eigenvalue weighted by atomic mass is 32.2. The Morgan fingerprint density at radius 1 is 1.10 bits per heavy atom. The molecule has 7 nitrogen and oxygen atoms in total. The molecule has 0 unspecified atom stereocenters. The van der Waals surface area contributed by atoms with E-state index in [0.29, 0.717) is 30.5 Å². The molecule has 0 bridgehead atoms. The van der Waals surface area contributed by atoms with E-state index in [0.717, 1.165) is 28.1 Å². The lowest BCUT2D eigenvalue weighted by Gasteiger charge is -2.10. The molecule has 0 aliphatic carbocycles. The minimum absolute atomic E-state index is 0.348. The maximum atomic E-state index is 11.8. The second-order valence-electron chi connectivity index (χ2n) is 6.97. The van der Waals surface area contributed by atoms with Gasteiger partial charge in [0, 0.05) is 24.4 Å². The Morgan fingerprint density at radius 2 is 1.87 bits per heavy atom. The number of hydrogen-bond donors (Lipinski definition) is 2. The molecule has 1 heterocycles. The van der Waals surface area contributed by atoms with E-state index in [1.807, 2.05) is 49.4 Å². The number of sulfone groups is 1. The van der Waals surface area contributed by atoms with Crippen LogP contribution in [0, 0.1) is 6.92 Å².